The average Bonchev–Trinajstić information content (AvgIpc) is 3.23. The fraction of sp³-hybridized carbons (Fsp3) is 0.333. The number of aromatic nitrogens is 4. The Labute approximate surface area is 242 Å². The number of hydrogen-bond acceptors (Lipinski definition) is 5. The third-order valence-electron chi connectivity index (χ3n) is 6.20. The van der Waals surface area contributed by atoms with Gasteiger partial charge in [-0.3, -0.25) is 14.8 Å². The molecule has 0 saturated heterocycles. The predicted octanol–water partition coefficient (Wildman–Crippen LogP) is 5.44. The molecular weight excluding hydrogens is 561 g/mol. The van der Waals surface area contributed by atoms with Crippen LogP contribution in [0.3, 0.4) is 0 Å². The van der Waals surface area contributed by atoms with Crippen molar-refractivity contribution >= 4 is 46.5 Å². The lowest BCUT2D eigenvalue weighted by atomic mass is 10.1. The maximum atomic E-state index is 13.3. The van der Waals surface area contributed by atoms with Gasteiger partial charge in [0.05, 0.1) is 15.7 Å². The fourth-order valence-corrected chi connectivity index (χ4v) is 5.17. The normalized spacial score (nSPS) is 11.5. The summed E-state index contributed by atoms with van der Waals surface area (Å²) in [4.78, 5) is 38.4. The molecule has 12 heteroatoms. The minimum absolute atomic E-state index is 0.0168. The first-order chi connectivity index (χ1) is 18.5. The van der Waals surface area contributed by atoms with Gasteiger partial charge in [0.25, 0.3) is 5.56 Å². The summed E-state index contributed by atoms with van der Waals surface area (Å²) in [6.45, 7) is 5.20. The summed E-state index contributed by atoms with van der Waals surface area (Å²) in [6.07, 6.45) is 0.277. The van der Waals surface area contributed by atoms with E-state index in [1.807, 2.05) is 57.1 Å². The lowest BCUT2D eigenvalue weighted by Gasteiger charge is -2.19. The first-order valence-electron chi connectivity index (χ1n) is 12.4. The Morgan fingerprint density at radius 1 is 1.08 bits per heavy atom. The third kappa shape index (κ3) is 6.38. The van der Waals surface area contributed by atoms with E-state index >= 15 is 0 Å². The van der Waals surface area contributed by atoms with E-state index < -0.39 is 5.56 Å². The van der Waals surface area contributed by atoms with Crippen molar-refractivity contribution in [2.75, 3.05) is 39.1 Å². The summed E-state index contributed by atoms with van der Waals surface area (Å²) in [5, 5.41) is 7.16. The predicted molar refractivity (Wildman–Crippen MR) is 157 cm³/mol. The van der Waals surface area contributed by atoms with Crippen LogP contribution < -0.4 is 15.8 Å². The second-order valence-electron chi connectivity index (χ2n) is 9.82. The molecule has 0 aromatic heterocycles. The number of rotatable bonds is 8. The van der Waals surface area contributed by atoms with Crippen LogP contribution in [0.25, 0.3) is 17.1 Å². The molecule has 2 N–H and O–H groups in total. The number of aromatic amines is 1. The molecule has 0 bridgehead atoms. The van der Waals surface area contributed by atoms with Crippen LogP contribution in [0.1, 0.15) is 36.8 Å². The van der Waals surface area contributed by atoms with Gasteiger partial charge >= 0.3 is 6.03 Å². The number of nitrogens with zero attached hydrogens (tertiary/aromatic N) is 5. The molecule has 2 heterocycles. The van der Waals surface area contributed by atoms with E-state index in [0.29, 0.717) is 55.9 Å². The highest BCUT2D eigenvalue weighted by Gasteiger charge is 2.27. The molecule has 0 unspecified atom stereocenters. The molecule has 206 valence electrons. The Balaban J connectivity index is 1.70. The maximum Gasteiger partial charge on any atom is 0.321 e. The number of anilines is 1. The van der Waals surface area contributed by atoms with Crippen LogP contribution >= 0.6 is 34.8 Å². The minimum atomic E-state index is -0.400. The zero-order valence-corrected chi connectivity index (χ0v) is 24.6. The summed E-state index contributed by atoms with van der Waals surface area (Å²) in [6, 6.07) is 10.4. The number of carbonyl (C=O) groups is 1. The van der Waals surface area contributed by atoms with Crippen LogP contribution in [-0.2, 0) is 6.42 Å². The molecule has 2 aromatic carbocycles. The SMILES string of the molecule is CC(C)c1[nH]n(-c2c(Cl)cc(Cl)cc2Cl)c2nc(Cc3cccc(N(C)C(=O)NCCN(C)C)c3)nc(=O)c1-2. The summed E-state index contributed by atoms with van der Waals surface area (Å²) in [5.41, 5.74) is 2.63. The molecule has 2 aliphatic heterocycles. The van der Waals surface area contributed by atoms with Crippen LogP contribution in [-0.4, -0.2) is 64.9 Å². The fourth-order valence-electron chi connectivity index (χ4n) is 4.19. The summed E-state index contributed by atoms with van der Waals surface area (Å²) < 4.78 is 1.61. The average molecular weight is 591 g/mol. The van der Waals surface area contributed by atoms with Crippen molar-refractivity contribution in [2.45, 2.75) is 26.2 Å². The highest BCUT2D eigenvalue weighted by atomic mass is 35.5. The number of hydrogen-bond donors (Lipinski definition) is 2. The Morgan fingerprint density at radius 3 is 2.41 bits per heavy atom. The first kappa shape index (κ1) is 28.9. The Bertz CT molecular complexity index is 1510. The van der Waals surface area contributed by atoms with E-state index in [1.165, 1.54) is 0 Å². The number of fused-ring (bicyclic) bond motifs is 1. The molecule has 9 nitrogen and oxygen atoms in total. The number of amides is 2. The van der Waals surface area contributed by atoms with E-state index in [1.54, 1.807) is 28.8 Å². The van der Waals surface area contributed by atoms with E-state index in [-0.39, 0.29) is 18.4 Å². The minimum Gasteiger partial charge on any atom is -0.336 e. The van der Waals surface area contributed by atoms with Gasteiger partial charge in [-0.1, -0.05) is 60.8 Å². The number of urea groups is 1. The van der Waals surface area contributed by atoms with Crippen LogP contribution in [0.2, 0.25) is 15.1 Å². The monoisotopic (exact) mass is 589 g/mol. The van der Waals surface area contributed by atoms with E-state index in [0.717, 1.165) is 12.1 Å². The van der Waals surface area contributed by atoms with Crippen molar-refractivity contribution in [1.29, 1.82) is 0 Å². The second kappa shape index (κ2) is 12.0. The smallest absolute Gasteiger partial charge is 0.321 e. The summed E-state index contributed by atoms with van der Waals surface area (Å²) >= 11 is 19.2. The third-order valence-corrected chi connectivity index (χ3v) is 6.99. The topological polar surface area (TPSA) is 99.2 Å². The number of benzene rings is 2. The molecule has 2 aliphatic rings. The van der Waals surface area contributed by atoms with Crippen molar-refractivity contribution in [3.8, 4) is 17.1 Å². The highest BCUT2D eigenvalue weighted by Crippen LogP contribution is 2.36. The largest absolute Gasteiger partial charge is 0.336 e. The molecule has 2 amide bonds. The Morgan fingerprint density at radius 2 is 1.77 bits per heavy atom. The highest BCUT2D eigenvalue weighted by molar-refractivity contribution is 6.40. The van der Waals surface area contributed by atoms with Gasteiger partial charge in [-0.2, -0.15) is 4.98 Å². The van der Waals surface area contributed by atoms with E-state index in [2.05, 4.69) is 15.4 Å². The Hall–Kier alpha value is -3.11. The van der Waals surface area contributed by atoms with Crippen LogP contribution in [0.5, 0.6) is 0 Å². The van der Waals surface area contributed by atoms with Crippen molar-refractivity contribution in [3.63, 3.8) is 0 Å². The zero-order valence-electron chi connectivity index (χ0n) is 22.3. The van der Waals surface area contributed by atoms with Gasteiger partial charge in [-0.15, -0.1) is 0 Å². The molecule has 0 fully saturated rings. The number of carbonyl (C=O) groups excluding carboxylic acids is 1. The van der Waals surface area contributed by atoms with Crippen molar-refractivity contribution in [1.82, 2.24) is 30.0 Å². The van der Waals surface area contributed by atoms with Crippen LogP contribution in [0, 0.1) is 0 Å². The second-order valence-corrected chi connectivity index (χ2v) is 11.1. The van der Waals surface area contributed by atoms with Crippen LogP contribution in [0.4, 0.5) is 10.5 Å². The van der Waals surface area contributed by atoms with Gasteiger partial charge in [-0.25, -0.2) is 14.5 Å². The molecular formula is C27H30Cl3N7O2. The van der Waals surface area contributed by atoms with Gasteiger partial charge < -0.3 is 10.2 Å². The maximum absolute atomic E-state index is 13.3. The Kier molecular flexibility index (Phi) is 8.86. The number of halogens is 3. The van der Waals surface area contributed by atoms with Crippen LogP contribution in [0.15, 0.2) is 41.2 Å². The summed E-state index contributed by atoms with van der Waals surface area (Å²) in [7, 11) is 5.60. The molecule has 39 heavy (non-hydrogen) atoms. The standard InChI is InChI=1S/C27H30Cl3N7O2/c1-15(2)23-22-25(37(34-23)24-19(29)13-17(28)14-20(24)30)32-21(33-26(22)38)12-16-7-6-8-18(11-16)36(5)27(39)31-9-10-35(3)4/h6-8,11,13-15,34H,9-10,12H2,1-5H3,(H,31,39). The van der Waals surface area contributed by atoms with Crippen molar-refractivity contribution < 1.29 is 4.79 Å². The molecule has 0 radical (unpaired) electrons. The van der Waals surface area contributed by atoms with Gasteiger partial charge in [0.15, 0.2) is 5.82 Å². The summed E-state index contributed by atoms with van der Waals surface area (Å²) in [5.74, 6) is 0.678. The van der Waals surface area contributed by atoms with Crippen molar-refractivity contribution in [2.24, 2.45) is 0 Å². The molecule has 0 saturated carbocycles. The first-order valence-corrected chi connectivity index (χ1v) is 13.5. The number of H-pyrrole nitrogens is 1. The van der Waals surface area contributed by atoms with E-state index in [9.17, 15) is 9.59 Å². The number of likely N-dealkylation sites (N-methyl/N-ethyl adjacent to an activating group) is 1. The molecule has 0 aliphatic carbocycles. The quantitative estimate of drug-likeness (QED) is 0.285. The molecule has 4 rings (SSSR count). The van der Waals surface area contributed by atoms with E-state index in [4.69, 9.17) is 39.8 Å². The van der Waals surface area contributed by atoms with Crippen molar-refractivity contribution in [3.05, 3.63) is 78.9 Å². The molecule has 2 aromatic rings. The van der Waals surface area contributed by atoms with Gasteiger partial charge in [0, 0.05) is 37.3 Å². The van der Waals surface area contributed by atoms with Gasteiger partial charge in [-0.05, 0) is 49.8 Å². The van der Waals surface area contributed by atoms with Gasteiger partial charge in [0.2, 0.25) is 0 Å². The molecule has 0 spiro atoms. The van der Waals surface area contributed by atoms with Gasteiger partial charge in [0.1, 0.15) is 17.1 Å². The lowest BCUT2D eigenvalue weighted by molar-refractivity contribution is 0.246. The zero-order chi connectivity index (χ0) is 28.4. The number of nitrogens with one attached hydrogen (secondary N) is 2. The molecule has 0 atom stereocenters. The lowest BCUT2D eigenvalue weighted by Crippen LogP contribution is -2.40.